The van der Waals surface area contributed by atoms with Crippen molar-refractivity contribution in [2.75, 3.05) is 32.8 Å². The molecule has 1 saturated heterocycles. The Hall–Kier alpha value is -3.27. The lowest BCUT2D eigenvalue weighted by atomic mass is 9.92. The highest BCUT2D eigenvalue weighted by Gasteiger charge is 2.36. The van der Waals surface area contributed by atoms with Gasteiger partial charge in [-0.1, -0.05) is 78.4 Å². The van der Waals surface area contributed by atoms with E-state index in [0.717, 1.165) is 42.8 Å². The quantitative estimate of drug-likeness (QED) is 0.258. The number of aliphatic hydroxyl groups excluding tert-OH is 1. The zero-order chi connectivity index (χ0) is 28.2. The van der Waals surface area contributed by atoms with Gasteiger partial charge in [-0.3, -0.25) is 19.7 Å². The normalized spacial score (nSPS) is 17.4. The average molecular weight is 548 g/mol. The third-order valence-electron chi connectivity index (χ3n) is 7.53. The van der Waals surface area contributed by atoms with Crippen LogP contribution >= 0.6 is 0 Å². The van der Waals surface area contributed by atoms with Crippen LogP contribution in [0.25, 0.3) is 0 Å². The van der Waals surface area contributed by atoms with Crippen LogP contribution in [-0.4, -0.2) is 65.0 Å². The largest absolute Gasteiger partial charge is 0.494 e. The van der Waals surface area contributed by atoms with Gasteiger partial charge in [-0.25, -0.2) is 0 Å². The Bertz CT molecular complexity index is 1150. The number of hydrogen-bond donors (Lipinski definition) is 3. The summed E-state index contributed by atoms with van der Waals surface area (Å²) in [6.45, 7) is 5.03. The second-order valence-corrected chi connectivity index (χ2v) is 10.2. The second kappa shape index (κ2) is 15.5. The number of aryl methyl sites for hydroxylation is 1. The highest BCUT2D eigenvalue weighted by atomic mass is 16.8. The number of piperazine rings is 1. The minimum atomic E-state index is -1.05. The number of amides is 1. The van der Waals surface area contributed by atoms with Gasteiger partial charge in [-0.2, -0.15) is 0 Å². The van der Waals surface area contributed by atoms with Crippen LogP contribution in [0.1, 0.15) is 42.5 Å². The minimum Gasteiger partial charge on any atom is -0.494 e. The Kier molecular flexibility index (Phi) is 11.5. The number of carbonyl (C=O) groups excluding carboxylic acids is 1. The summed E-state index contributed by atoms with van der Waals surface area (Å²) >= 11 is 0. The predicted octanol–water partition coefficient (Wildman–Crippen LogP) is 4.38. The van der Waals surface area contributed by atoms with Gasteiger partial charge in [-0.05, 0) is 55.0 Å². The molecule has 0 bridgehead atoms. The molecule has 1 aliphatic heterocycles. The molecule has 1 amide bonds. The first kappa shape index (κ1) is 29.7. The first-order valence-electron chi connectivity index (χ1n) is 14.1. The summed E-state index contributed by atoms with van der Waals surface area (Å²) in [6.07, 6.45) is 0.955. The van der Waals surface area contributed by atoms with E-state index in [1.54, 1.807) is 5.64 Å². The van der Waals surface area contributed by atoms with E-state index in [9.17, 15) is 9.90 Å². The molecule has 1 heterocycles. The van der Waals surface area contributed by atoms with Gasteiger partial charge < -0.3 is 14.7 Å². The lowest BCUT2D eigenvalue weighted by Crippen LogP contribution is -2.53. The van der Waals surface area contributed by atoms with E-state index in [1.807, 2.05) is 60.4 Å². The van der Waals surface area contributed by atoms with Gasteiger partial charge in [-0.15, -0.1) is 0 Å². The van der Waals surface area contributed by atoms with E-state index in [2.05, 4.69) is 41.3 Å². The lowest BCUT2D eigenvalue weighted by molar-refractivity contribution is -0.163. The molecule has 4 rings (SSSR count). The summed E-state index contributed by atoms with van der Waals surface area (Å²) in [4.78, 5) is 23.1. The van der Waals surface area contributed by atoms with E-state index < -0.39 is 12.0 Å². The number of nitrogens with one attached hydrogen (secondary N) is 1. The molecule has 40 heavy (non-hydrogen) atoms. The van der Waals surface area contributed by atoms with E-state index in [0.29, 0.717) is 26.1 Å². The lowest BCUT2D eigenvalue weighted by Gasteiger charge is -2.43. The van der Waals surface area contributed by atoms with Crippen molar-refractivity contribution < 1.29 is 24.7 Å². The molecule has 1 aliphatic rings. The fraction of sp³-hybridized carbons (Fsp3) is 0.406. The third kappa shape index (κ3) is 8.36. The molecule has 0 saturated carbocycles. The van der Waals surface area contributed by atoms with E-state index in [4.69, 9.17) is 14.8 Å². The fourth-order valence-corrected chi connectivity index (χ4v) is 5.42. The van der Waals surface area contributed by atoms with Crippen molar-refractivity contribution in [3.05, 3.63) is 102 Å². The zero-order valence-electron chi connectivity index (χ0n) is 23.2. The monoisotopic (exact) mass is 547 g/mol. The van der Waals surface area contributed by atoms with Gasteiger partial charge in [0.05, 0.1) is 31.3 Å². The van der Waals surface area contributed by atoms with Crippen molar-refractivity contribution in [2.24, 2.45) is 5.92 Å². The molecule has 3 aromatic carbocycles. The van der Waals surface area contributed by atoms with Gasteiger partial charge in [0.2, 0.25) is 5.91 Å². The molecule has 1 fully saturated rings. The number of aliphatic hydroxyl groups is 1. The molecule has 0 aliphatic carbocycles. The first-order chi connectivity index (χ1) is 19.6. The first-order valence-corrected chi connectivity index (χ1v) is 14.1. The van der Waals surface area contributed by atoms with Crippen molar-refractivity contribution in [3.63, 3.8) is 0 Å². The van der Waals surface area contributed by atoms with Crippen LogP contribution in [-0.2, 0) is 22.6 Å². The number of carbonyl (C=O) groups is 1. The van der Waals surface area contributed by atoms with Crippen LogP contribution in [0, 0.1) is 5.92 Å². The number of rotatable bonds is 14. The Balaban J connectivity index is 1.45. The van der Waals surface area contributed by atoms with Gasteiger partial charge in [0, 0.05) is 26.2 Å². The summed E-state index contributed by atoms with van der Waals surface area (Å²) in [5.74, 6) is 0.108. The molecule has 3 atom stereocenters. The maximum atomic E-state index is 13.9. The highest BCUT2D eigenvalue weighted by Crippen LogP contribution is 2.29. The molecule has 0 radical (unpaired) electrons. The standard InChI is InChI=1S/C32H41N3O5/c1-2-39-28-18-16-25(17-19-28)12-9-15-29(31(36)24-40-33-38)32(37)35-21-20-34(22-26-10-5-3-6-11-26)30(23-35)27-13-7-4-8-14-27/h3-8,10-11,13-14,16-19,29-31,33,36,38H,2,9,12,15,20-24H2,1H3/t29-,30?,31-/m1/s1. The van der Waals surface area contributed by atoms with E-state index in [-0.39, 0.29) is 18.6 Å². The van der Waals surface area contributed by atoms with Gasteiger partial charge in [0.1, 0.15) is 5.75 Å². The molecule has 214 valence electrons. The molecule has 3 N–H and O–H groups in total. The Morgan fingerprint density at radius 2 is 1.68 bits per heavy atom. The van der Waals surface area contributed by atoms with Crippen molar-refractivity contribution in [3.8, 4) is 5.75 Å². The predicted molar refractivity (Wildman–Crippen MR) is 154 cm³/mol. The van der Waals surface area contributed by atoms with E-state index >= 15 is 0 Å². The van der Waals surface area contributed by atoms with Gasteiger partial charge >= 0.3 is 0 Å². The molecule has 0 aromatic heterocycles. The Labute approximate surface area is 237 Å². The van der Waals surface area contributed by atoms with Crippen LogP contribution in [0.5, 0.6) is 5.75 Å². The zero-order valence-corrected chi connectivity index (χ0v) is 23.2. The smallest absolute Gasteiger partial charge is 0.228 e. The molecule has 8 nitrogen and oxygen atoms in total. The van der Waals surface area contributed by atoms with Crippen LogP contribution in [0.3, 0.4) is 0 Å². The molecular formula is C32H41N3O5. The maximum absolute atomic E-state index is 13.9. The summed E-state index contributed by atoms with van der Waals surface area (Å²) in [5, 5.41) is 19.8. The summed E-state index contributed by atoms with van der Waals surface area (Å²) in [7, 11) is 0. The van der Waals surface area contributed by atoms with E-state index in [1.165, 1.54) is 5.56 Å². The fourth-order valence-electron chi connectivity index (χ4n) is 5.42. The minimum absolute atomic E-state index is 0.0381. The van der Waals surface area contributed by atoms with Crippen molar-refractivity contribution in [1.82, 2.24) is 15.4 Å². The SMILES string of the molecule is CCOc1ccc(CCC[C@@H](C(=O)N2CCN(Cc3ccccc3)C(c3ccccc3)C2)[C@H](O)CONO)cc1. The van der Waals surface area contributed by atoms with Crippen LogP contribution in [0.2, 0.25) is 0 Å². The van der Waals surface area contributed by atoms with Crippen LogP contribution < -0.4 is 10.4 Å². The Morgan fingerprint density at radius 3 is 2.35 bits per heavy atom. The summed E-state index contributed by atoms with van der Waals surface area (Å²) in [6, 6.07) is 28.7. The van der Waals surface area contributed by atoms with Gasteiger partial charge in [0.25, 0.3) is 0 Å². The molecule has 1 unspecified atom stereocenters. The van der Waals surface area contributed by atoms with Crippen LogP contribution in [0.15, 0.2) is 84.9 Å². The molecule has 3 aromatic rings. The van der Waals surface area contributed by atoms with Crippen molar-refractivity contribution in [2.45, 2.75) is 44.9 Å². The van der Waals surface area contributed by atoms with Gasteiger partial charge in [0.15, 0.2) is 0 Å². The average Bonchev–Trinajstić information content (AvgIpc) is 3.00. The topological polar surface area (TPSA) is 94.5 Å². The number of benzene rings is 3. The highest BCUT2D eigenvalue weighted by molar-refractivity contribution is 5.79. The Morgan fingerprint density at radius 1 is 0.975 bits per heavy atom. The summed E-state index contributed by atoms with van der Waals surface area (Å²) < 4.78 is 5.53. The molecule has 8 heteroatoms. The second-order valence-electron chi connectivity index (χ2n) is 10.2. The number of nitrogens with zero attached hydrogens (tertiary/aromatic N) is 2. The van der Waals surface area contributed by atoms with Crippen LogP contribution in [0.4, 0.5) is 0 Å². The van der Waals surface area contributed by atoms with Crippen molar-refractivity contribution >= 4 is 5.91 Å². The number of ether oxygens (including phenoxy) is 1. The summed E-state index contributed by atoms with van der Waals surface area (Å²) in [5.41, 5.74) is 5.17. The molecule has 0 spiro atoms. The number of hydrogen-bond acceptors (Lipinski definition) is 7. The van der Waals surface area contributed by atoms with Crippen molar-refractivity contribution in [1.29, 1.82) is 0 Å². The maximum Gasteiger partial charge on any atom is 0.228 e. The molecular weight excluding hydrogens is 506 g/mol. The third-order valence-corrected chi connectivity index (χ3v) is 7.53.